The number of benzene rings is 2. The number of urea groups is 1. The van der Waals surface area contributed by atoms with Crippen molar-refractivity contribution < 1.29 is 4.79 Å². The van der Waals surface area contributed by atoms with Gasteiger partial charge in [0.2, 0.25) is 0 Å². The summed E-state index contributed by atoms with van der Waals surface area (Å²) in [7, 11) is 0. The molecular weight excluding hydrogens is 336 g/mol. The van der Waals surface area contributed by atoms with E-state index in [0.29, 0.717) is 6.54 Å². The van der Waals surface area contributed by atoms with Crippen molar-refractivity contribution in [2.45, 2.75) is 32.6 Å². The molecule has 0 saturated carbocycles. The van der Waals surface area contributed by atoms with Crippen LogP contribution in [0.2, 0.25) is 0 Å². The van der Waals surface area contributed by atoms with Crippen LogP contribution in [-0.4, -0.2) is 22.4 Å². The fraction of sp³-hybridized carbons (Fsp3) is 0.273. The first-order valence-electron chi connectivity index (χ1n) is 9.17. The summed E-state index contributed by atoms with van der Waals surface area (Å²) in [6.07, 6.45) is 4.44. The molecule has 0 radical (unpaired) electrons. The lowest BCUT2D eigenvalue weighted by atomic mass is 9.86. The Labute approximate surface area is 160 Å². The van der Waals surface area contributed by atoms with E-state index in [1.165, 1.54) is 5.56 Å². The van der Waals surface area contributed by atoms with Gasteiger partial charge in [-0.05, 0) is 47.2 Å². The van der Waals surface area contributed by atoms with E-state index in [1.54, 1.807) is 6.20 Å². The van der Waals surface area contributed by atoms with Gasteiger partial charge in [0.1, 0.15) is 0 Å². The average Bonchev–Trinajstić information content (AvgIpc) is 3.16. The molecule has 0 aliphatic carbocycles. The summed E-state index contributed by atoms with van der Waals surface area (Å²) in [5, 5.41) is 10.1. The second-order valence-electron chi connectivity index (χ2n) is 7.54. The smallest absolute Gasteiger partial charge is 0.319 e. The van der Waals surface area contributed by atoms with Crippen LogP contribution in [0.3, 0.4) is 0 Å². The van der Waals surface area contributed by atoms with E-state index in [0.717, 1.165) is 23.4 Å². The zero-order valence-electron chi connectivity index (χ0n) is 16.1. The van der Waals surface area contributed by atoms with Crippen LogP contribution in [0.15, 0.2) is 67.0 Å². The number of hydrogen-bond donors (Lipinski definition) is 2. The van der Waals surface area contributed by atoms with Gasteiger partial charge in [-0.2, -0.15) is 5.10 Å². The van der Waals surface area contributed by atoms with Crippen LogP contribution in [0, 0.1) is 0 Å². The Balaban J connectivity index is 1.52. The SMILES string of the molecule is CC(C)(C)c1ccccc1NC(=O)NCCc1ccc(-n2cccn2)cc1. The van der Waals surface area contributed by atoms with E-state index in [1.807, 2.05) is 47.3 Å². The number of anilines is 1. The van der Waals surface area contributed by atoms with E-state index in [2.05, 4.69) is 54.7 Å². The summed E-state index contributed by atoms with van der Waals surface area (Å²) in [5.41, 5.74) is 4.13. The highest BCUT2D eigenvalue weighted by Gasteiger charge is 2.18. The Morgan fingerprint density at radius 2 is 1.78 bits per heavy atom. The van der Waals surface area contributed by atoms with Gasteiger partial charge in [0, 0.05) is 24.6 Å². The molecule has 0 saturated heterocycles. The maximum atomic E-state index is 12.3. The van der Waals surface area contributed by atoms with Crippen LogP contribution in [0.5, 0.6) is 0 Å². The molecule has 2 aromatic carbocycles. The van der Waals surface area contributed by atoms with Crippen molar-refractivity contribution in [3.05, 3.63) is 78.1 Å². The minimum atomic E-state index is -0.181. The van der Waals surface area contributed by atoms with Crippen molar-refractivity contribution in [2.75, 3.05) is 11.9 Å². The molecule has 2 N–H and O–H groups in total. The van der Waals surface area contributed by atoms with Crippen LogP contribution in [0.1, 0.15) is 31.9 Å². The van der Waals surface area contributed by atoms with E-state index in [9.17, 15) is 4.79 Å². The molecule has 0 atom stereocenters. The maximum absolute atomic E-state index is 12.3. The maximum Gasteiger partial charge on any atom is 0.319 e. The third-order valence-corrected chi connectivity index (χ3v) is 4.39. The molecule has 1 heterocycles. The van der Waals surface area contributed by atoms with Gasteiger partial charge in [-0.15, -0.1) is 0 Å². The van der Waals surface area contributed by atoms with Gasteiger partial charge >= 0.3 is 6.03 Å². The van der Waals surface area contributed by atoms with Crippen LogP contribution in [0.25, 0.3) is 5.69 Å². The molecule has 0 fully saturated rings. The first-order chi connectivity index (χ1) is 12.9. The summed E-state index contributed by atoms with van der Waals surface area (Å²) in [6.45, 7) is 6.99. The second kappa shape index (κ2) is 8.08. The Morgan fingerprint density at radius 3 is 2.44 bits per heavy atom. The topological polar surface area (TPSA) is 59.0 Å². The molecule has 0 spiro atoms. The van der Waals surface area contributed by atoms with Gasteiger partial charge in [-0.25, -0.2) is 9.48 Å². The van der Waals surface area contributed by atoms with Gasteiger partial charge < -0.3 is 10.6 Å². The molecule has 2 amide bonds. The van der Waals surface area contributed by atoms with Gasteiger partial charge in [-0.1, -0.05) is 51.1 Å². The standard InChI is InChI=1S/C22H26N4O/c1-22(2,3)19-7-4-5-8-20(19)25-21(27)23-15-13-17-9-11-18(12-10-17)26-16-6-14-24-26/h4-12,14,16H,13,15H2,1-3H3,(H2,23,25,27). The lowest BCUT2D eigenvalue weighted by molar-refractivity contribution is 0.252. The van der Waals surface area contributed by atoms with Gasteiger partial charge in [-0.3, -0.25) is 0 Å². The van der Waals surface area contributed by atoms with Crippen molar-refractivity contribution in [3.63, 3.8) is 0 Å². The van der Waals surface area contributed by atoms with Crippen LogP contribution in [-0.2, 0) is 11.8 Å². The van der Waals surface area contributed by atoms with Crippen molar-refractivity contribution in [1.29, 1.82) is 0 Å². The number of nitrogens with zero attached hydrogens (tertiary/aromatic N) is 2. The number of carbonyl (C=O) groups is 1. The summed E-state index contributed by atoms with van der Waals surface area (Å²) < 4.78 is 1.82. The lowest BCUT2D eigenvalue weighted by Crippen LogP contribution is -2.31. The minimum absolute atomic E-state index is 0.0276. The normalized spacial score (nSPS) is 11.2. The molecule has 5 heteroatoms. The van der Waals surface area contributed by atoms with Crippen LogP contribution >= 0.6 is 0 Å². The van der Waals surface area contributed by atoms with E-state index >= 15 is 0 Å². The van der Waals surface area contributed by atoms with Gasteiger partial charge in [0.05, 0.1) is 5.69 Å². The molecule has 0 bridgehead atoms. The van der Waals surface area contributed by atoms with Crippen molar-refractivity contribution in [3.8, 4) is 5.69 Å². The Bertz CT molecular complexity index is 877. The van der Waals surface area contributed by atoms with E-state index in [4.69, 9.17) is 0 Å². The summed E-state index contributed by atoms with van der Waals surface area (Å²) in [5.74, 6) is 0. The number of nitrogens with one attached hydrogen (secondary N) is 2. The first kappa shape index (κ1) is 18.7. The van der Waals surface area contributed by atoms with E-state index < -0.39 is 0 Å². The molecule has 140 valence electrons. The molecular formula is C22H26N4O. The molecule has 0 unspecified atom stereocenters. The fourth-order valence-electron chi connectivity index (χ4n) is 2.97. The highest BCUT2D eigenvalue weighted by atomic mass is 16.2. The highest BCUT2D eigenvalue weighted by Crippen LogP contribution is 2.29. The van der Waals surface area contributed by atoms with Crippen LogP contribution in [0.4, 0.5) is 10.5 Å². The number of aromatic nitrogens is 2. The summed E-state index contributed by atoms with van der Waals surface area (Å²) in [4.78, 5) is 12.3. The zero-order chi connectivity index (χ0) is 19.3. The minimum Gasteiger partial charge on any atom is -0.338 e. The molecule has 3 rings (SSSR count). The molecule has 1 aromatic heterocycles. The number of para-hydroxylation sites is 1. The first-order valence-corrected chi connectivity index (χ1v) is 9.17. The Kier molecular flexibility index (Phi) is 5.60. The fourth-order valence-corrected chi connectivity index (χ4v) is 2.97. The van der Waals surface area contributed by atoms with Crippen LogP contribution < -0.4 is 10.6 Å². The van der Waals surface area contributed by atoms with Gasteiger partial charge in [0.15, 0.2) is 0 Å². The Hall–Kier alpha value is -3.08. The third kappa shape index (κ3) is 4.97. The average molecular weight is 362 g/mol. The predicted octanol–water partition coefficient (Wildman–Crippen LogP) is 4.53. The number of hydrogen-bond acceptors (Lipinski definition) is 2. The molecule has 3 aromatic rings. The quantitative estimate of drug-likeness (QED) is 0.700. The zero-order valence-corrected chi connectivity index (χ0v) is 16.1. The molecule has 5 nitrogen and oxygen atoms in total. The van der Waals surface area contributed by atoms with Crippen molar-refractivity contribution in [1.82, 2.24) is 15.1 Å². The number of amides is 2. The summed E-state index contributed by atoms with van der Waals surface area (Å²) in [6, 6.07) is 17.8. The number of rotatable bonds is 5. The van der Waals surface area contributed by atoms with E-state index in [-0.39, 0.29) is 11.4 Å². The monoisotopic (exact) mass is 362 g/mol. The Morgan fingerprint density at radius 1 is 1.04 bits per heavy atom. The molecule has 27 heavy (non-hydrogen) atoms. The predicted molar refractivity (Wildman–Crippen MR) is 109 cm³/mol. The van der Waals surface area contributed by atoms with Gasteiger partial charge in [0.25, 0.3) is 0 Å². The number of carbonyl (C=O) groups excluding carboxylic acids is 1. The van der Waals surface area contributed by atoms with Crippen molar-refractivity contribution >= 4 is 11.7 Å². The second-order valence-corrected chi connectivity index (χ2v) is 7.54. The highest BCUT2D eigenvalue weighted by molar-refractivity contribution is 5.90. The lowest BCUT2D eigenvalue weighted by Gasteiger charge is -2.23. The summed E-state index contributed by atoms with van der Waals surface area (Å²) >= 11 is 0. The third-order valence-electron chi connectivity index (χ3n) is 4.39. The largest absolute Gasteiger partial charge is 0.338 e. The molecule has 0 aliphatic heterocycles. The molecule has 0 aliphatic rings. The van der Waals surface area contributed by atoms with Crippen molar-refractivity contribution in [2.24, 2.45) is 0 Å².